The average Bonchev–Trinajstić information content (AvgIpc) is 3.63. The second-order valence-corrected chi connectivity index (χ2v) is 10.2. The van der Waals surface area contributed by atoms with Crippen molar-refractivity contribution in [1.82, 2.24) is 14.9 Å². The van der Waals surface area contributed by atoms with Crippen molar-refractivity contribution in [3.05, 3.63) is 56.7 Å². The standard InChI is InChI=1S/C26H37N5O4/c1-16(2)14-30(23-24(27)31(15-17(3)4)26(35)29-25(23)34)21(33)13-12-20(32)28-22(19-10-11-19)18-8-6-5-7-9-18/h5-9,16-17,19,22H,10-15,27H2,1-4H3,(H,28,32)(H,29,34,35). The predicted octanol–water partition coefficient (Wildman–Crippen LogP) is 2.81. The Hall–Kier alpha value is -3.36. The molecule has 4 N–H and O–H groups in total. The highest BCUT2D eigenvalue weighted by molar-refractivity contribution is 5.97. The Labute approximate surface area is 205 Å². The van der Waals surface area contributed by atoms with E-state index in [4.69, 9.17) is 5.73 Å². The smallest absolute Gasteiger partial charge is 0.330 e. The van der Waals surface area contributed by atoms with E-state index in [0.717, 1.165) is 18.4 Å². The third-order valence-corrected chi connectivity index (χ3v) is 6.02. The fourth-order valence-corrected chi connectivity index (χ4v) is 4.23. The number of nitrogens with two attached hydrogens (primary N) is 1. The van der Waals surface area contributed by atoms with Crippen LogP contribution in [0, 0.1) is 17.8 Å². The number of anilines is 2. The quantitative estimate of drug-likeness (QED) is 0.452. The van der Waals surface area contributed by atoms with Crippen LogP contribution in [-0.4, -0.2) is 27.9 Å². The summed E-state index contributed by atoms with van der Waals surface area (Å²) in [5, 5.41) is 3.08. The average molecular weight is 484 g/mol. The van der Waals surface area contributed by atoms with Crippen LogP contribution in [0.5, 0.6) is 0 Å². The third kappa shape index (κ3) is 6.83. The van der Waals surface area contributed by atoms with Gasteiger partial charge in [-0.25, -0.2) is 4.79 Å². The zero-order valence-electron chi connectivity index (χ0n) is 21.0. The highest BCUT2D eigenvalue weighted by atomic mass is 16.2. The molecule has 0 spiro atoms. The van der Waals surface area contributed by atoms with E-state index >= 15 is 0 Å². The maximum absolute atomic E-state index is 13.3. The molecule has 1 fully saturated rings. The highest BCUT2D eigenvalue weighted by Gasteiger charge is 2.33. The molecule has 1 aliphatic carbocycles. The van der Waals surface area contributed by atoms with Crippen molar-refractivity contribution in [3.8, 4) is 0 Å². The Morgan fingerprint density at radius 2 is 1.74 bits per heavy atom. The molecule has 35 heavy (non-hydrogen) atoms. The maximum Gasteiger partial charge on any atom is 0.330 e. The molecule has 0 bridgehead atoms. The molecule has 1 aliphatic rings. The number of hydrogen-bond acceptors (Lipinski definition) is 5. The van der Waals surface area contributed by atoms with Gasteiger partial charge >= 0.3 is 5.69 Å². The van der Waals surface area contributed by atoms with Crippen LogP contribution in [0.4, 0.5) is 11.5 Å². The van der Waals surface area contributed by atoms with Gasteiger partial charge in [0.15, 0.2) is 5.69 Å². The second-order valence-electron chi connectivity index (χ2n) is 10.2. The fraction of sp³-hybridized carbons (Fsp3) is 0.538. The molecule has 1 atom stereocenters. The number of benzene rings is 1. The molecule has 1 heterocycles. The Bertz CT molecular complexity index is 1150. The zero-order chi connectivity index (χ0) is 25.7. The first-order chi connectivity index (χ1) is 16.6. The summed E-state index contributed by atoms with van der Waals surface area (Å²) in [5.74, 6) is -0.0810. The number of amides is 2. The molecule has 0 radical (unpaired) electrons. The lowest BCUT2D eigenvalue weighted by molar-refractivity contribution is -0.125. The molecule has 1 aromatic heterocycles. The minimum absolute atomic E-state index is 0.00702. The van der Waals surface area contributed by atoms with Gasteiger partial charge in [-0.15, -0.1) is 0 Å². The van der Waals surface area contributed by atoms with Crippen molar-refractivity contribution >= 4 is 23.3 Å². The molecule has 0 saturated heterocycles. The van der Waals surface area contributed by atoms with E-state index in [1.54, 1.807) is 0 Å². The number of nitrogens with zero attached hydrogens (tertiary/aromatic N) is 2. The van der Waals surface area contributed by atoms with E-state index in [9.17, 15) is 19.2 Å². The Morgan fingerprint density at radius 3 is 2.31 bits per heavy atom. The highest BCUT2D eigenvalue weighted by Crippen LogP contribution is 2.41. The number of nitrogens with one attached hydrogen (secondary N) is 2. The zero-order valence-corrected chi connectivity index (χ0v) is 21.0. The van der Waals surface area contributed by atoms with E-state index in [-0.39, 0.29) is 60.6 Å². The van der Waals surface area contributed by atoms with Crippen LogP contribution < -0.4 is 27.2 Å². The van der Waals surface area contributed by atoms with Gasteiger partial charge in [0, 0.05) is 25.9 Å². The monoisotopic (exact) mass is 483 g/mol. The summed E-state index contributed by atoms with van der Waals surface area (Å²) in [7, 11) is 0. The minimum Gasteiger partial charge on any atom is -0.383 e. The molecular formula is C26H37N5O4. The van der Waals surface area contributed by atoms with Crippen LogP contribution in [0.15, 0.2) is 39.9 Å². The van der Waals surface area contributed by atoms with E-state index in [1.165, 1.54) is 9.47 Å². The van der Waals surface area contributed by atoms with Gasteiger partial charge in [0.1, 0.15) is 5.82 Å². The van der Waals surface area contributed by atoms with Crippen molar-refractivity contribution in [1.29, 1.82) is 0 Å². The molecule has 2 amide bonds. The molecule has 190 valence electrons. The lowest BCUT2D eigenvalue weighted by atomic mass is 10.0. The van der Waals surface area contributed by atoms with E-state index in [1.807, 2.05) is 58.0 Å². The van der Waals surface area contributed by atoms with Crippen LogP contribution in [0.25, 0.3) is 0 Å². The van der Waals surface area contributed by atoms with Gasteiger partial charge in [-0.2, -0.15) is 0 Å². The summed E-state index contributed by atoms with van der Waals surface area (Å²) in [6.45, 7) is 8.24. The van der Waals surface area contributed by atoms with Gasteiger partial charge < -0.3 is 16.0 Å². The lowest BCUT2D eigenvalue weighted by Crippen LogP contribution is -2.43. The summed E-state index contributed by atoms with van der Waals surface area (Å²) in [4.78, 5) is 54.7. The van der Waals surface area contributed by atoms with Gasteiger partial charge in [-0.3, -0.25) is 23.9 Å². The van der Waals surface area contributed by atoms with Gasteiger partial charge in [0.05, 0.1) is 6.04 Å². The first kappa shape index (κ1) is 26.2. The minimum atomic E-state index is -0.705. The molecular weight excluding hydrogens is 446 g/mol. The summed E-state index contributed by atoms with van der Waals surface area (Å²) >= 11 is 0. The van der Waals surface area contributed by atoms with E-state index in [0.29, 0.717) is 12.5 Å². The first-order valence-corrected chi connectivity index (χ1v) is 12.4. The summed E-state index contributed by atoms with van der Waals surface area (Å²) in [5.41, 5.74) is 5.96. The third-order valence-electron chi connectivity index (χ3n) is 6.02. The van der Waals surface area contributed by atoms with Crippen LogP contribution in [0.1, 0.15) is 65.0 Å². The van der Waals surface area contributed by atoms with Crippen molar-refractivity contribution in [2.24, 2.45) is 17.8 Å². The number of carbonyl (C=O) groups excluding carboxylic acids is 2. The molecule has 1 unspecified atom stereocenters. The Kier molecular flexibility index (Phi) is 8.53. The van der Waals surface area contributed by atoms with Crippen molar-refractivity contribution in [2.45, 2.75) is 66.0 Å². The normalized spacial score (nSPS) is 14.2. The predicted molar refractivity (Wildman–Crippen MR) is 137 cm³/mol. The topological polar surface area (TPSA) is 130 Å². The summed E-state index contributed by atoms with van der Waals surface area (Å²) in [6.07, 6.45) is 2.05. The van der Waals surface area contributed by atoms with Crippen molar-refractivity contribution in [3.63, 3.8) is 0 Å². The molecule has 2 aromatic rings. The van der Waals surface area contributed by atoms with E-state index < -0.39 is 11.2 Å². The number of aromatic amines is 1. The van der Waals surface area contributed by atoms with Gasteiger partial charge in [-0.05, 0) is 36.2 Å². The number of carbonyl (C=O) groups is 2. The van der Waals surface area contributed by atoms with Gasteiger partial charge in [-0.1, -0.05) is 58.0 Å². The van der Waals surface area contributed by atoms with Gasteiger partial charge in [0.25, 0.3) is 5.56 Å². The largest absolute Gasteiger partial charge is 0.383 e. The summed E-state index contributed by atoms with van der Waals surface area (Å²) < 4.78 is 1.29. The lowest BCUT2D eigenvalue weighted by Gasteiger charge is -2.26. The SMILES string of the molecule is CC(C)CN(C(=O)CCC(=O)NC(c1ccccc1)C1CC1)c1c(N)n(CC(C)C)c(=O)[nH]c1=O. The first-order valence-electron chi connectivity index (χ1n) is 12.4. The summed E-state index contributed by atoms with van der Waals surface area (Å²) in [6, 6.07) is 9.77. The number of H-pyrrole nitrogens is 1. The second kappa shape index (κ2) is 11.4. The molecule has 9 heteroatoms. The van der Waals surface area contributed by atoms with Crippen LogP contribution in [-0.2, 0) is 16.1 Å². The molecule has 1 aromatic carbocycles. The molecule has 0 aliphatic heterocycles. The molecule has 9 nitrogen and oxygen atoms in total. The number of hydrogen-bond donors (Lipinski definition) is 3. The molecule has 3 rings (SSSR count). The van der Waals surface area contributed by atoms with E-state index in [2.05, 4.69) is 10.3 Å². The number of aromatic nitrogens is 2. The number of rotatable bonds is 11. The Morgan fingerprint density at radius 1 is 1.09 bits per heavy atom. The van der Waals surface area contributed by atoms with Crippen molar-refractivity contribution < 1.29 is 9.59 Å². The maximum atomic E-state index is 13.3. The Balaban J connectivity index is 1.77. The van der Waals surface area contributed by atoms with Crippen LogP contribution in [0.2, 0.25) is 0 Å². The van der Waals surface area contributed by atoms with Crippen molar-refractivity contribution in [2.75, 3.05) is 17.2 Å². The van der Waals surface area contributed by atoms with Gasteiger partial charge in [0.2, 0.25) is 11.8 Å². The fourth-order valence-electron chi connectivity index (χ4n) is 4.23. The number of nitrogen functional groups attached to an aromatic ring is 1. The van der Waals surface area contributed by atoms with Crippen LogP contribution in [0.3, 0.4) is 0 Å². The van der Waals surface area contributed by atoms with Crippen LogP contribution >= 0.6 is 0 Å². The molecule has 1 saturated carbocycles.